The molecule has 1 saturated heterocycles. The van der Waals surface area contributed by atoms with Gasteiger partial charge in [-0.1, -0.05) is 11.6 Å². The highest BCUT2D eigenvalue weighted by molar-refractivity contribution is 6.29. The molecule has 0 aromatic carbocycles. The Kier molecular flexibility index (Phi) is 3.17. The summed E-state index contributed by atoms with van der Waals surface area (Å²) in [5.41, 5.74) is -0.459. The number of pyridine rings is 1. The van der Waals surface area contributed by atoms with Crippen LogP contribution in [0.3, 0.4) is 0 Å². The van der Waals surface area contributed by atoms with Gasteiger partial charge in [-0.05, 0) is 36.8 Å². The molecule has 0 saturated carbocycles. The Morgan fingerprint density at radius 3 is 2.90 bits per heavy atom. The number of amides is 3. The summed E-state index contributed by atoms with van der Waals surface area (Å²) in [4.78, 5) is 29.6. The number of carbonyl (C=O) groups is 2. The fourth-order valence-corrected chi connectivity index (χ4v) is 2.49. The van der Waals surface area contributed by atoms with Gasteiger partial charge in [-0.3, -0.25) is 9.69 Å². The third-order valence-electron chi connectivity index (χ3n) is 3.42. The number of halogens is 1. The molecule has 0 spiro atoms. The maximum atomic E-state index is 12.6. The molecule has 1 fully saturated rings. The van der Waals surface area contributed by atoms with Crippen molar-refractivity contribution >= 4 is 23.5 Å². The summed E-state index contributed by atoms with van der Waals surface area (Å²) in [6.07, 6.45) is 2.99. The van der Waals surface area contributed by atoms with Gasteiger partial charge in [0.15, 0.2) is 5.54 Å². The van der Waals surface area contributed by atoms with E-state index in [9.17, 15) is 9.59 Å². The quantitative estimate of drug-likeness (QED) is 0.697. The molecule has 1 atom stereocenters. The summed E-state index contributed by atoms with van der Waals surface area (Å²) in [5, 5.41) is 2.98. The Bertz CT molecular complexity index is 701. The molecule has 3 heterocycles. The highest BCUT2D eigenvalue weighted by Gasteiger charge is 2.50. The highest BCUT2D eigenvalue weighted by atomic mass is 35.5. The standard InChI is InChI=1S/C14H12ClN3O3/c1-14(10-3-2-6-21-10)12(19)18(13(20)17-14)8-9-4-5-16-11(15)7-9/h2-7H,8H2,1H3,(H,17,20). The van der Waals surface area contributed by atoms with Gasteiger partial charge in [-0.25, -0.2) is 9.78 Å². The maximum absolute atomic E-state index is 12.6. The molecule has 6 nitrogen and oxygen atoms in total. The van der Waals surface area contributed by atoms with Crippen molar-refractivity contribution in [2.45, 2.75) is 19.0 Å². The predicted octanol–water partition coefficient (Wildman–Crippen LogP) is 2.30. The Hall–Kier alpha value is -2.34. The van der Waals surface area contributed by atoms with E-state index in [0.717, 1.165) is 10.5 Å². The smallest absolute Gasteiger partial charge is 0.325 e. The van der Waals surface area contributed by atoms with Crippen molar-refractivity contribution in [2.24, 2.45) is 0 Å². The largest absolute Gasteiger partial charge is 0.466 e. The van der Waals surface area contributed by atoms with Crippen LogP contribution in [0.15, 0.2) is 41.1 Å². The van der Waals surface area contributed by atoms with Crippen molar-refractivity contribution in [2.75, 3.05) is 0 Å². The van der Waals surface area contributed by atoms with Gasteiger partial charge >= 0.3 is 6.03 Å². The minimum atomic E-state index is -1.18. The Balaban J connectivity index is 1.88. The molecule has 1 N–H and O–H groups in total. The van der Waals surface area contributed by atoms with E-state index in [1.165, 1.54) is 12.5 Å². The van der Waals surface area contributed by atoms with Crippen LogP contribution in [-0.4, -0.2) is 21.8 Å². The van der Waals surface area contributed by atoms with Crippen LogP contribution in [0.2, 0.25) is 5.15 Å². The molecule has 2 aromatic heterocycles. The van der Waals surface area contributed by atoms with Gasteiger partial charge in [0.2, 0.25) is 0 Å². The van der Waals surface area contributed by atoms with Gasteiger partial charge in [-0.2, -0.15) is 0 Å². The van der Waals surface area contributed by atoms with Crippen molar-refractivity contribution in [3.63, 3.8) is 0 Å². The van der Waals surface area contributed by atoms with E-state index in [1.807, 2.05) is 0 Å². The number of hydrogen-bond donors (Lipinski definition) is 1. The molecule has 0 radical (unpaired) electrons. The van der Waals surface area contributed by atoms with Crippen LogP contribution in [-0.2, 0) is 16.9 Å². The summed E-state index contributed by atoms with van der Waals surface area (Å²) < 4.78 is 5.26. The lowest BCUT2D eigenvalue weighted by molar-refractivity contribution is -0.132. The van der Waals surface area contributed by atoms with Gasteiger partial charge < -0.3 is 9.73 Å². The van der Waals surface area contributed by atoms with Crippen LogP contribution < -0.4 is 5.32 Å². The lowest BCUT2D eigenvalue weighted by Crippen LogP contribution is -2.40. The molecule has 1 aliphatic rings. The molecule has 3 rings (SSSR count). The predicted molar refractivity (Wildman–Crippen MR) is 74.4 cm³/mol. The molecule has 108 valence electrons. The number of nitrogens with one attached hydrogen (secondary N) is 1. The van der Waals surface area contributed by atoms with Crippen LogP contribution in [0.4, 0.5) is 4.79 Å². The summed E-state index contributed by atoms with van der Waals surface area (Å²) in [6.45, 7) is 1.74. The van der Waals surface area contributed by atoms with Crippen LogP contribution in [0.1, 0.15) is 18.2 Å². The van der Waals surface area contributed by atoms with E-state index in [-0.39, 0.29) is 12.5 Å². The number of carbonyl (C=O) groups excluding carboxylic acids is 2. The summed E-state index contributed by atoms with van der Waals surface area (Å²) in [7, 11) is 0. The fraction of sp³-hybridized carbons (Fsp3) is 0.214. The second kappa shape index (κ2) is 4.89. The van der Waals surface area contributed by atoms with E-state index in [1.54, 1.807) is 31.2 Å². The van der Waals surface area contributed by atoms with Crippen molar-refractivity contribution in [3.05, 3.63) is 53.2 Å². The molecule has 2 aromatic rings. The van der Waals surface area contributed by atoms with E-state index in [0.29, 0.717) is 10.9 Å². The van der Waals surface area contributed by atoms with Crippen molar-refractivity contribution in [1.29, 1.82) is 0 Å². The van der Waals surface area contributed by atoms with E-state index < -0.39 is 11.6 Å². The van der Waals surface area contributed by atoms with Crippen molar-refractivity contribution < 1.29 is 14.0 Å². The lowest BCUT2D eigenvalue weighted by Gasteiger charge is -2.19. The minimum absolute atomic E-state index is 0.128. The summed E-state index contributed by atoms with van der Waals surface area (Å²) in [6, 6.07) is 6.18. The molecule has 1 aliphatic heterocycles. The number of aromatic nitrogens is 1. The van der Waals surface area contributed by atoms with Crippen molar-refractivity contribution in [1.82, 2.24) is 15.2 Å². The zero-order valence-electron chi connectivity index (χ0n) is 11.2. The monoisotopic (exact) mass is 305 g/mol. The SMILES string of the molecule is CC1(c2ccco2)NC(=O)N(Cc2ccnc(Cl)c2)C1=O. The third-order valence-corrected chi connectivity index (χ3v) is 3.63. The molecule has 0 aliphatic carbocycles. The molecule has 1 unspecified atom stereocenters. The van der Waals surface area contributed by atoms with Crippen LogP contribution >= 0.6 is 11.6 Å². The van der Waals surface area contributed by atoms with Crippen LogP contribution in [0.5, 0.6) is 0 Å². The molecule has 3 amide bonds. The van der Waals surface area contributed by atoms with Gasteiger partial charge in [0.1, 0.15) is 10.9 Å². The first-order valence-corrected chi connectivity index (χ1v) is 6.67. The summed E-state index contributed by atoms with van der Waals surface area (Å²) >= 11 is 5.81. The minimum Gasteiger partial charge on any atom is -0.466 e. The topological polar surface area (TPSA) is 75.4 Å². The summed E-state index contributed by atoms with van der Waals surface area (Å²) in [5.74, 6) is 0.0338. The van der Waals surface area contributed by atoms with E-state index >= 15 is 0 Å². The molecule has 7 heteroatoms. The van der Waals surface area contributed by atoms with Gasteiger partial charge in [-0.15, -0.1) is 0 Å². The average Bonchev–Trinajstić information content (AvgIpc) is 3.04. The van der Waals surface area contributed by atoms with Gasteiger partial charge in [0, 0.05) is 6.20 Å². The maximum Gasteiger partial charge on any atom is 0.325 e. The second-order valence-electron chi connectivity index (χ2n) is 4.91. The zero-order valence-corrected chi connectivity index (χ0v) is 11.9. The Morgan fingerprint density at radius 1 is 1.43 bits per heavy atom. The Morgan fingerprint density at radius 2 is 2.24 bits per heavy atom. The van der Waals surface area contributed by atoms with Gasteiger partial charge in [0.25, 0.3) is 5.91 Å². The number of hydrogen-bond acceptors (Lipinski definition) is 4. The van der Waals surface area contributed by atoms with E-state index in [2.05, 4.69) is 10.3 Å². The second-order valence-corrected chi connectivity index (χ2v) is 5.30. The Labute approximate surface area is 125 Å². The molecule has 0 bridgehead atoms. The van der Waals surface area contributed by atoms with Crippen LogP contribution in [0, 0.1) is 0 Å². The number of furan rings is 1. The zero-order chi connectivity index (χ0) is 15.0. The number of urea groups is 1. The normalized spacial score (nSPS) is 21.7. The first-order valence-electron chi connectivity index (χ1n) is 6.29. The average molecular weight is 306 g/mol. The van der Waals surface area contributed by atoms with Crippen molar-refractivity contribution in [3.8, 4) is 0 Å². The number of imide groups is 1. The third kappa shape index (κ3) is 2.27. The molecular formula is C14H12ClN3O3. The van der Waals surface area contributed by atoms with Crippen LogP contribution in [0.25, 0.3) is 0 Å². The first kappa shape index (κ1) is 13.6. The first-order chi connectivity index (χ1) is 10.0. The molecule has 21 heavy (non-hydrogen) atoms. The van der Waals surface area contributed by atoms with E-state index in [4.69, 9.17) is 16.0 Å². The number of rotatable bonds is 3. The highest BCUT2D eigenvalue weighted by Crippen LogP contribution is 2.30. The lowest BCUT2D eigenvalue weighted by atomic mass is 9.99. The number of nitrogens with zero attached hydrogens (tertiary/aromatic N) is 2. The fourth-order valence-electron chi connectivity index (χ4n) is 2.29. The van der Waals surface area contributed by atoms with Gasteiger partial charge in [0.05, 0.1) is 12.8 Å². The molecular weight excluding hydrogens is 294 g/mol.